The largest absolute Gasteiger partial charge is 0.295 e. The minimum atomic E-state index is 0.153. The van der Waals surface area contributed by atoms with Crippen LogP contribution >= 0.6 is 0 Å². The van der Waals surface area contributed by atoms with Crippen molar-refractivity contribution in [1.29, 1.82) is 0 Å². The summed E-state index contributed by atoms with van der Waals surface area (Å²) in [6.45, 7) is 9.61. The van der Waals surface area contributed by atoms with E-state index >= 15 is 0 Å². The predicted octanol–water partition coefficient (Wildman–Crippen LogP) is 5.28. The van der Waals surface area contributed by atoms with Gasteiger partial charge in [0.15, 0.2) is 11.6 Å². The Bertz CT molecular complexity index is 301. The summed E-state index contributed by atoms with van der Waals surface area (Å²) in [6, 6.07) is 0. The second-order valence-electron chi connectivity index (χ2n) is 5.07. The number of hydrogen-bond donors (Lipinski definition) is 0. The Kier molecular flexibility index (Phi) is 16.8. The van der Waals surface area contributed by atoms with Crippen molar-refractivity contribution in [2.24, 2.45) is 5.92 Å². The molecular weight excluding hydrogens is 248 g/mol. The van der Waals surface area contributed by atoms with Gasteiger partial charge in [0.1, 0.15) is 0 Å². The van der Waals surface area contributed by atoms with E-state index in [4.69, 9.17) is 0 Å². The maximum Gasteiger partial charge on any atom is 0.158 e. The third-order valence-corrected chi connectivity index (χ3v) is 3.01. The zero-order chi connectivity index (χ0) is 15.8. The molecule has 116 valence electrons. The second kappa shape index (κ2) is 15.9. The molecule has 0 spiro atoms. The van der Waals surface area contributed by atoms with E-state index in [1.807, 2.05) is 26.8 Å². The number of allylic oxidation sites excluding steroid dienone is 4. The Morgan fingerprint density at radius 3 is 2.15 bits per heavy atom. The molecular formula is C18H32O2. The van der Waals surface area contributed by atoms with Crippen molar-refractivity contribution in [2.45, 2.75) is 73.1 Å². The maximum absolute atomic E-state index is 10.9. The first kappa shape index (κ1) is 21.1. The highest BCUT2D eigenvalue weighted by atomic mass is 16.1. The highest BCUT2D eigenvalue weighted by Gasteiger charge is 2.04. The zero-order valence-corrected chi connectivity index (χ0v) is 13.9. The van der Waals surface area contributed by atoms with Gasteiger partial charge < -0.3 is 0 Å². The van der Waals surface area contributed by atoms with Crippen molar-refractivity contribution in [3.05, 3.63) is 24.3 Å². The highest BCUT2D eigenvalue weighted by Crippen LogP contribution is 2.03. The number of carbonyl (C=O) groups excluding carboxylic acids is 2. The second-order valence-corrected chi connectivity index (χ2v) is 5.07. The number of ketones is 2. The molecule has 0 aliphatic heterocycles. The third-order valence-electron chi connectivity index (χ3n) is 3.01. The first-order chi connectivity index (χ1) is 9.49. The Morgan fingerprint density at radius 1 is 1.05 bits per heavy atom. The van der Waals surface area contributed by atoms with E-state index in [0.29, 0.717) is 0 Å². The monoisotopic (exact) mass is 280 g/mol. The molecule has 1 atom stereocenters. The molecule has 0 aromatic heterocycles. The molecule has 1 unspecified atom stereocenters. The van der Waals surface area contributed by atoms with Crippen LogP contribution in [0, 0.1) is 5.92 Å². The minimum Gasteiger partial charge on any atom is -0.295 e. The Hall–Kier alpha value is -1.18. The lowest BCUT2D eigenvalue weighted by Gasteiger charge is -2.00. The van der Waals surface area contributed by atoms with Gasteiger partial charge in [-0.2, -0.15) is 0 Å². The van der Waals surface area contributed by atoms with Crippen LogP contribution in [-0.4, -0.2) is 11.6 Å². The SMILES string of the molecule is C/C=C/C(=O)C(C)CC.CCCCCC/C=C/C(C)=O. The highest BCUT2D eigenvalue weighted by molar-refractivity contribution is 5.91. The molecule has 0 fully saturated rings. The third kappa shape index (κ3) is 16.8. The molecule has 0 rings (SSSR count). The van der Waals surface area contributed by atoms with Gasteiger partial charge in [-0.3, -0.25) is 9.59 Å². The van der Waals surface area contributed by atoms with E-state index in [-0.39, 0.29) is 17.5 Å². The van der Waals surface area contributed by atoms with Crippen LogP contribution in [0.1, 0.15) is 73.1 Å². The van der Waals surface area contributed by atoms with E-state index in [1.165, 1.54) is 25.7 Å². The van der Waals surface area contributed by atoms with E-state index in [9.17, 15) is 9.59 Å². The van der Waals surface area contributed by atoms with Gasteiger partial charge in [0.25, 0.3) is 0 Å². The van der Waals surface area contributed by atoms with Crippen LogP contribution in [0.25, 0.3) is 0 Å². The van der Waals surface area contributed by atoms with E-state index in [1.54, 1.807) is 25.2 Å². The molecule has 0 radical (unpaired) electrons. The molecule has 0 aromatic carbocycles. The van der Waals surface area contributed by atoms with Crippen molar-refractivity contribution >= 4 is 11.6 Å². The molecule has 0 aromatic rings. The minimum absolute atomic E-state index is 0.153. The standard InChI is InChI=1S/C10H18O.C8H14O/c1-3-4-5-6-7-8-9-10(2)11;1-4-6-8(9)7(3)5-2/h8-9H,3-7H2,1-2H3;4,6-7H,5H2,1-3H3/b9-8+;6-4+. The van der Waals surface area contributed by atoms with Gasteiger partial charge in [0.2, 0.25) is 0 Å². The van der Waals surface area contributed by atoms with E-state index < -0.39 is 0 Å². The van der Waals surface area contributed by atoms with Crippen LogP contribution < -0.4 is 0 Å². The van der Waals surface area contributed by atoms with Gasteiger partial charge in [0, 0.05) is 5.92 Å². The lowest BCUT2D eigenvalue weighted by atomic mass is 10.0. The van der Waals surface area contributed by atoms with Crippen molar-refractivity contribution in [3.8, 4) is 0 Å². The summed E-state index contributed by atoms with van der Waals surface area (Å²) in [6.07, 6.45) is 14.1. The van der Waals surface area contributed by atoms with Crippen LogP contribution in [0.5, 0.6) is 0 Å². The van der Waals surface area contributed by atoms with Crippen molar-refractivity contribution in [1.82, 2.24) is 0 Å². The summed E-state index contributed by atoms with van der Waals surface area (Å²) in [5.74, 6) is 0.585. The lowest BCUT2D eigenvalue weighted by molar-refractivity contribution is -0.117. The first-order valence-corrected chi connectivity index (χ1v) is 7.83. The molecule has 2 nitrogen and oxygen atoms in total. The molecule has 0 N–H and O–H groups in total. The van der Waals surface area contributed by atoms with Crippen molar-refractivity contribution in [3.63, 3.8) is 0 Å². The predicted molar refractivity (Wildman–Crippen MR) is 87.9 cm³/mol. The summed E-state index contributed by atoms with van der Waals surface area (Å²) >= 11 is 0. The fourth-order valence-corrected chi connectivity index (χ4v) is 1.47. The molecule has 0 amide bonds. The molecule has 0 bridgehead atoms. The molecule has 2 heteroatoms. The van der Waals surface area contributed by atoms with Gasteiger partial charge in [-0.1, -0.05) is 52.2 Å². The maximum atomic E-state index is 10.9. The fraction of sp³-hybridized carbons (Fsp3) is 0.667. The number of hydrogen-bond acceptors (Lipinski definition) is 2. The number of unbranched alkanes of at least 4 members (excludes halogenated alkanes) is 4. The number of rotatable bonds is 9. The molecule has 0 heterocycles. The van der Waals surface area contributed by atoms with E-state index in [2.05, 4.69) is 6.92 Å². The van der Waals surface area contributed by atoms with Gasteiger partial charge in [0.05, 0.1) is 0 Å². The van der Waals surface area contributed by atoms with Crippen LogP contribution in [0.15, 0.2) is 24.3 Å². The molecule has 0 aliphatic rings. The van der Waals surface area contributed by atoms with Crippen LogP contribution in [0.2, 0.25) is 0 Å². The van der Waals surface area contributed by atoms with Crippen molar-refractivity contribution in [2.75, 3.05) is 0 Å². The van der Waals surface area contributed by atoms with Gasteiger partial charge in [-0.15, -0.1) is 0 Å². The van der Waals surface area contributed by atoms with Crippen LogP contribution in [-0.2, 0) is 9.59 Å². The number of carbonyl (C=O) groups is 2. The Labute approximate surface area is 125 Å². The van der Waals surface area contributed by atoms with Gasteiger partial charge in [-0.25, -0.2) is 0 Å². The summed E-state index contributed by atoms with van der Waals surface area (Å²) < 4.78 is 0. The Balaban J connectivity index is 0. The van der Waals surface area contributed by atoms with Gasteiger partial charge >= 0.3 is 0 Å². The average Bonchev–Trinajstić information content (AvgIpc) is 2.42. The summed E-state index contributed by atoms with van der Waals surface area (Å²) in [5, 5.41) is 0. The van der Waals surface area contributed by atoms with Crippen molar-refractivity contribution < 1.29 is 9.59 Å². The zero-order valence-electron chi connectivity index (χ0n) is 13.9. The topological polar surface area (TPSA) is 34.1 Å². The summed E-state index contributed by atoms with van der Waals surface area (Å²) in [5.41, 5.74) is 0. The molecule has 20 heavy (non-hydrogen) atoms. The smallest absolute Gasteiger partial charge is 0.158 e. The summed E-state index contributed by atoms with van der Waals surface area (Å²) in [7, 11) is 0. The van der Waals surface area contributed by atoms with E-state index in [0.717, 1.165) is 12.8 Å². The normalized spacial score (nSPS) is 12.2. The lowest BCUT2D eigenvalue weighted by Crippen LogP contribution is -2.05. The Morgan fingerprint density at radius 2 is 1.70 bits per heavy atom. The summed E-state index contributed by atoms with van der Waals surface area (Å²) in [4.78, 5) is 21.3. The average molecular weight is 280 g/mol. The van der Waals surface area contributed by atoms with Gasteiger partial charge in [-0.05, 0) is 45.3 Å². The quantitative estimate of drug-likeness (QED) is 0.425. The molecule has 0 saturated heterocycles. The fourth-order valence-electron chi connectivity index (χ4n) is 1.47. The molecule has 0 aliphatic carbocycles. The molecule has 0 saturated carbocycles. The van der Waals surface area contributed by atoms with Crippen LogP contribution in [0.4, 0.5) is 0 Å². The van der Waals surface area contributed by atoms with Crippen LogP contribution in [0.3, 0.4) is 0 Å². The first-order valence-electron chi connectivity index (χ1n) is 7.83.